The number of amides is 1. The van der Waals surface area contributed by atoms with Crippen LogP contribution < -0.4 is 0 Å². The van der Waals surface area contributed by atoms with E-state index in [4.69, 9.17) is 4.74 Å². The number of carboxylic acids is 1. The van der Waals surface area contributed by atoms with E-state index in [0.717, 1.165) is 18.4 Å². The van der Waals surface area contributed by atoms with Crippen molar-refractivity contribution in [2.75, 3.05) is 13.2 Å². The van der Waals surface area contributed by atoms with Gasteiger partial charge in [-0.05, 0) is 68.9 Å². The quantitative estimate of drug-likeness (QED) is 0.398. The Hall–Kier alpha value is -2.85. The Morgan fingerprint density at radius 1 is 1.12 bits per heavy atom. The minimum atomic E-state index is -1.76. The first-order valence-electron chi connectivity index (χ1n) is 14.4. The van der Waals surface area contributed by atoms with Crippen LogP contribution in [-0.2, 0) is 28.7 Å². The van der Waals surface area contributed by atoms with E-state index in [1.54, 1.807) is 12.2 Å². The fourth-order valence-corrected chi connectivity index (χ4v) is 8.80. The van der Waals surface area contributed by atoms with E-state index in [1.165, 1.54) is 4.90 Å². The molecule has 4 fully saturated rings. The lowest BCUT2D eigenvalue weighted by atomic mass is 9.46. The van der Waals surface area contributed by atoms with Gasteiger partial charge in [-0.1, -0.05) is 25.5 Å². The molecule has 1 heterocycles. The van der Waals surface area contributed by atoms with Crippen LogP contribution in [0, 0.1) is 28.6 Å². The van der Waals surface area contributed by atoms with E-state index in [2.05, 4.69) is 6.92 Å². The molecule has 4 aliphatic carbocycles. The van der Waals surface area contributed by atoms with Crippen LogP contribution in [0.3, 0.4) is 0 Å². The number of fused-ring (bicyclic) bond motifs is 5. The number of likely N-dealkylation sites (tertiary alicyclic amines) is 1. The molecule has 0 aromatic rings. The summed E-state index contributed by atoms with van der Waals surface area (Å²) in [4.78, 5) is 62.8. The number of esters is 1. The van der Waals surface area contributed by atoms with Gasteiger partial charge >= 0.3 is 11.9 Å². The van der Waals surface area contributed by atoms with Crippen molar-refractivity contribution in [3.8, 4) is 0 Å². The summed E-state index contributed by atoms with van der Waals surface area (Å²) in [6.45, 7) is 3.61. The van der Waals surface area contributed by atoms with Crippen molar-refractivity contribution < 1.29 is 44.0 Å². The predicted octanol–water partition coefficient (Wildman–Crippen LogP) is 1.96. The van der Waals surface area contributed by atoms with E-state index in [9.17, 15) is 39.3 Å². The first-order valence-corrected chi connectivity index (χ1v) is 14.4. The molecule has 3 saturated carbocycles. The topological polar surface area (TPSA) is 159 Å². The van der Waals surface area contributed by atoms with E-state index in [-0.39, 0.29) is 49.2 Å². The van der Waals surface area contributed by atoms with Crippen LogP contribution in [0.15, 0.2) is 23.8 Å². The summed E-state index contributed by atoms with van der Waals surface area (Å²) in [5.74, 6) is -3.02. The Morgan fingerprint density at radius 2 is 1.88 bits per heavy atom. The number of nitrogens with zero attached hydrogens (tertiary/aromatic N) is 1. The molecule has 8 unspecified atom stereocenters. The average Bonchev–Trinajstić information content (AvgIpc) is 3.50. The SMILES string of the molecule is CC12C=CC(=O)C=C1CCC1C2C(O)CC2(C)C1CCC2(O)C(=O)COC(=O)CCC(=O)N1CCCC1C(=O)O. The van der Waals surface area contributed by atoms with Gasteiger partial charge in [-0.3, -0.25) is 19.2 Å². The molecule has 1 amide bonds. The number of rotatable bonds is 7. The predicted molar refractivity (Wildman–Crippen MR) is 141 cm³/mol. The van der Waals surface area contributed by atoms with E-state index >= 15 is 0 Å². The first kappa shape index (κ1) is 28.7. The highest BCUT2D eigenvalue weighted by atomic mass is 16.5. The number of ketones is 2. The molecule has 0 radical (unpaired) electrons. The van der Waals surface area contributed by atoms with Gasteiger partial charge in [-0.25, -0.2) is 4.79 Å². The van der Waals surface area contributed by atoms with Crippen molar-refractivity contribution in [3.63, 3.8) is 0 Å². The van der Waals surface area contributed by atoms with Crippen molar-refractivity contribution in [1.82, 2.24) is 4.90 Å². The molecule has 10 nitrogen and oxygen atoms in total. The first-order chi connectivity index (χ1) is 18.8. The summed E-state index contributed by atoms with van der Waals surface area (Å²) in [6, 6.07) is -0.883. The highest BCUT2D eigenvalue weighted by molar-refractivity contribution is 6.01. The van der Waals surface area contributed by atoms with Gasteiger partial charge in [0.2, 0.25) is 11.7 Å². The number of aliphatic carboxylic acids is 1. The molecule has 1 aliphatic heterocycles. The summed E-state index contributed by atoms with van der Waals surface area (Å²) < 4.78 is 5.18. The molecule has 5 rings (SSSR count). The van der Waals surface area contributed by atoms with Crippen molar-refractivity contribution in [2.45, 2.75) is 89.4 Å². The zero-order chi connectivity index (χ0) is 29.0. The van der Waals surface area contributed by atoms with Gasteiger partial charge in [-0.2, -0.15) is 0 Å². The molecule has 8 atom stereocenters. The third-order valence-electron chi connectivity index (χ3n) is 10.9. The van der Waals surface area contributed by atoms with E-state index < -0.39 is 58.8 Å². The molecule has 1 saturated heterocycles. The number of carbonyl (C=O) groups excluding carboxylic acids is 4. The third-order valence-corrected chi connectivity index (χ3v) is 10.9. The molecule has 40 heavy (non-hydrogen) atoms. The number of ether oxygens (including phenoxy) is 1. The maximum atomic E-state index is 13.4. The Morgan fingerprint density at radius 3 is 2.60 bits per heavy atom. The summed E-state index contributed by atoms with van der Waals surface area (Å²) in [5, 5.41) is 32.5. The van der Waals surface area contributed by atoms with E-state index in [0.29, 0.717) is 25.8 Å². The molecule has 0 bridgehead atoms. The monoisotopic (exact) mass is 557 g/mol. The van der Waals surface area contributed by atoms with Crippen LogP contribution in [0.5, 0.6) is 0 Å². The van der Waals surface area contributed by atoms with Gasteiger partial charge in [0, 0.05) is 29.7 Å². The van der Waals surface area contributed by atoms with Crippen LogP contribution in [0.1, 0.15) is 71.6 Å². The Labute approximate surface area is 233 Å². The molecular weight excluding hydrogens is 518 g/mol. The van der Waals surface area contributed by atoms with Crippen molar-refractivity contribution in [3.05, 3.63) is 23.8 Å². The highest BCUT2D eigenvalue weighted by Crippen LogP contribution is 2.67. The summed E-state index contributed by atoms with van der Waals surface area (Å²) in [7, 11) is 0. The molecule has 3 N–H and O–H groups in total. The highest BCUT2D eigenvalue weighted by Gasteiger charge is 2.68. The maximum Gasteiger partial charge on any atom is 0.326 e. The van der Waals surface area contributed by atoms with Crippen molar-refractivity contribution in [1.29, 1.82) is 0 Å². The average molecular weight is 558 g/mol. The number of aliphatic hydroxyl groups is 2. The van der Waals surface area contributed by atoms with Crippen LogP contribution in [0.2, 0.25) is 0 Å². The molecule has 218 valence electrons. The number of Topliss-reactive ketones (excluding diaryl/α,β-unsaturated/α-hetero) is 1. The lowest BCUT2D eigenvalue weighted by Crippen LogP contribution is -2.61. The van der Waals surface area contributed by atoms with E-state index in [1.807, 2.05) is 13.0 Å². The Kier molecular flexibility index (Phi) is 7.32. The second-order valence-corrected chi connectivity index (χ2v) is 12.8. The van der Waals surface area contributed by atoms with Crippen molar-refractivity contribution in [2.24, 2.45) is 28.6 Å². The summed E-state index contributed by atoms with van der Waals surface area (Å²) in [6.07, 6.45) is 7.34. The van der Waals surface area contributed by atoms with Gasteiger partial charge in [0.1, 0.15) is 11.6 Å². The minimum absolute atomic E-state index is 0.0183. The van der Waals surface area contributed by atoms with Crippen molar-refractivity contribution >= 4 is 29.4 Å². The molecule has 0 aromatic carbocycles. The Bertz CT molecular complexity index is 1190. The van der Waals surface area contributed by atoms with Gasteiger partial charge in [0.05, 0.1) is 12.5 Å². The van der Waals surface area contributed by atoms with Gasteiger partial charge in [-0.15, -0.1) is 0 Å². The fourth-order valence-electron chi connectivity index (χ4n) is 8.80. The standard InChI is InChI=1S/C30H39NO9/c1-28-11-9-18(32)14-17(28)5-6-19-20-10-12-30(39,29(20,2)15-22(33)26(19)28)23(34)16-40-25(36)8-7-24(35)31-13-3-4-21(31)27(37)38/h9,11,14,19-22,26,33,39H,3-8,10,12-13,15-16H2,1-2H3,(H,37,38). The second-order valence-electron chi connectivity index (χ2n) is 12.8. The number of carbonyl (C=O) groups is 5. The van der Waals surface area contributed by atoms with Crippen LogP contribution in [-0.4, -0.2) is 80.5 Å². The smallest absolute Gasteiger partial charge is 0.326 e. The van der Waals surface area contributed by atoms with Gasteiger partial charge in [0.15, 0.2) is 12.4 Å². The normalized spacial score (nSPS) is 40.1. The second kappa shape index (κ2) is 10.2. The zero-order valence-electron chi connectivity index (χ0n) is 23.1. The number of hydrogen-bond acceptors (Lipinski definition) is 8. The Balaban J connectivity index is 1.22. The van der Waals surface area contributed by atoms with Gasteiger partial charge < -0.3 is 25.0 Å². The lowest BCUT2D eigenvalue weighted by molar-refractivity contribution is -0.181. The fraction of sp³-hybridized carbons (Fsp3) is 0.700. The molecule has 10 heteroatoms. The minimum Gasteiger partial charge on any atom is -0.480 e. The number of hydrogen-bond donors (Lipinski definition) is 3. The summed E-state index contributed by atoms with van der Waals surface area (Å²) >= 11 is 0. The van der Waals surface area contributed by atoms with Crippen LogP contribution in [0.4, 0.5) is 0 Å². The number of carboxylic acid groups (broad SMARTS) is 1. The molecule has 5 aliphatic rings. The third kappa shape index (κ3) is 4.43. The molecule has 0 spiro atoms. The van der Waals surface area contributed by atoms with Crippen LogP contribution >= 0.6 is 0 Å². The van der Waals surface area contributed by atoms with Crippen LogP contribution in [0.25, 0.3) is 0 Å². The largest absolute Gasteiger partial charge is 0.480 e. The number of aliphatic hydroxyl groups excluding tert-OH is 1. The summed E-state index contributed by atoms with van der Waals surface area (Å²) in [5.41, 5.74) is -2.09. The maximum absolute atomic E-state index is 13.4. The molecule has 0 aromatic heterocycles. The molecular formula is C30H39NO9. The zero-order valence-corrected chi connectivity index (χ0v) is 23.1. The number of allylic oxidation sites excluding steroid dienone is 4. The lowest BCUT2D eigenvalue weighted by Gasteiger charge is -2.59. The van der Waals surface area contributed by atoms with Gasteiger partial charge in [0.25, 0.3) is 0 Å².